The van der Waals surface area contributed by atoms with Gasteiger partial charge in [0.1, 0.15) is 66.9 Å². The Bertz CT molecular complexity index is 1680. The van der Waals surface area contributed by atoms with E-state index in [0.29, 0.717) is 23.7 Å². The molecule has 17 heteroatoms. The molecule has 0 amide bonds. The second kappa shape index (κ2) is 21.2. The third-order valence-corrected chi connectivity index (χ3v) is 6.86. The molecule has 0 spiro atoms. The number of nitro groups is 1. The minimum Gasteiger partial charge on any atom is -0.497 e. The van der Waals surface area contributed by atoms with Crippen molar-refractivity contribution in [3.05, 3.63) is 46.0 Å². The number of aliphatic hydroxyl groups is 1. The van der Waals surface area contributed by atoms with E-state index in [0.717, 1.165) is 6.07 Å². The lowest BCUT2D eigenvalue weighted by molar-refractivity contribution is -0.385. The number of nitrogens with zero attached hydrogens (tertiary/aromatic N) is 3. The van der Waals surface area contributed by atoms with Crippen molar-refractivity contribution < 1.29 is 62.4 Å². The molecule has 0 saturated carbocycles. The highest BCUT2D eigenvalue weighted by Crippen LogP contribution is 2.37. The van der Waals surface area contributed by atoms with Gasteiger partial charge in [0.2, 0.25) is 0 Å². The van der Waals surface area contributed by atoms with E-state index in [2.05, 4.69) is 0 Å². The first-order valence-electron chi connectivity index (χ1n) is 18.1. The summed E-state index contributed by atoms with van der Waals surface area (Å²) < 4.78 is 34.4. The van der Waals surface area contributed by atoms with Gasteiger partial charge in [-0.1, -0.05) is 20.8 Å². The lowest BCUT2D eigenvalue weighted by atomic mass is 9.95. The van der Waals surface area contributed by atoms with E-state index in [-0.39, 0.29) is 48.3 Å². The first-order chi connectivity index (χ1) is 26.1. The molecule has 0 fully saturated rings. The van der Waals surface area contributed by atoms with Crippen LogP contribution in [0.3, 0.4) is 0 Å². The lowest BCUT2D eigenvalue weighted by Gasteiger charge is -2.33. The summed E-state index contributed by atoms with van der Waals surface area (Å²) >= 11 is 0. The van der Waals surface area contributed by atoms with Crippen LogP contribution in [0.25, 0.3) is 0 Å². The number of carbonyl (C=O) groups is 3. The van der Waals surface area contributed by atoms with Crippen molar-refractivity contribution in [1.29, 1.82) is 0 Å². The van der Waals surface area contributed by atoms with Crippen molar-refractivity contribution in [1.82, 2.24) is 0 Å². The number of esters is 3. The minimum atomic E-state index is -0.842. The van der Waals surface area contributed by atoms with E-state index in [1.54, 1.807) is 80.5 Å². The van der Waals surface area contributed by atoms with Crippen LogP contribution in [-0.4, -0.2) is 97.4 Å². The smallest absolute Gasteiger partial charge is 0.373 e. The number of rotatable bonds is 17. The van der Waals surface area contributed by atoms with E-state index < -0.39 is 65.0 Å². The molecule has 1 N–H and O–H groups in total. The molecule has 0 aromatic heterocycles. The maximum absolute atomic E-state index is 13.1. The van der Waals surface area contributed by atoms with Crippen LogP contribution in [0.1, 0.15) is 88.6 Å². The van der Waals surface area contributed by atoms with Crippen LogP contribution in [-0.2, 0) is 44.8 Å². The molecule has 0 unspecified atom stereocenters. The quantitative estimate of drug-likeness (QED) is 0.0673. The van der Waals surface area contributed by atoms with Gasteiger partial charge in [-0.25, -0.2) is 0 Å². The van der Waals surface area contributed by atoms with Gasteiger partial charge in [-0.15, -0.1) is 0 Å². The molecule has 2 rings (SSSR count). The number of methoxy groups -OCH3 is 1. The van der Waals surface area contributed by atoms with Crippen LogP contribution in [0.5, 0.6) is 17.2 Å². The SMILES string of the molecule is COc1ccc(N(CC(=O)OC(C)(C)C)CC(C)(C)C)c(OCCOc2cc([N+](=O)[O-])c(CO)cc2N(CC(=O)OC(C)(C)C)CC(=O)OC(C)(C)C)c1.O=C=O. The van der Waals surface area contributed by atoms with Crippen LogP contribution in [0.4, 0.5) is 17.1 Å². The van der Waals surface area contributed by atoms with Gasteiger partial charge in [0.05, 0.1) is 41.6 Å². The topological polar surface area (TPSA) is 211 Å². The molecule has 0 saturated heterocycles. The Morgan fingerprint density at radius 2 is 1.12 bits per heavy atom. The molecule has 0 atom stereocenters. The highest BCUT2D eigenvalue weighted by Gasteiger charge is 2.29. The van der Waals surface area contributed by atoms with Crippen LogP contribution in [0, 0.1) is 15.5 Å². The van der Waals surface area contributed by atoms with Gasteiger partial charge in [0.15, 0.2) is 0 Å². The van der Waals surface area contributed by atoms with E-state index >= 15 is 0 Å². The summed E-state index contributed by atoms with van der Waals surface area (Å²) in [6, 6.07) is 7.63. The molecule has 0 aliphatic rings. The summed E-state index contributed by atoms with van der Waals surface area (Å²) in [5, 5.41) is 22.1. The zero-order valence-corrected chi connectivity index (χ0v) is 35.4. The van der Waals surface area contributed by atoms with E-state index in [4.69, 9.17) is 38.0 Å². The molecular weight excluding hydrogens is 746 g/mol. The van der Waals surface area contributed by atoms with Gasteiger partial charge in [-0.05, 0) is 85.9 Å². The molecule has 57 heavy (non-hydrogen) atoms. The Balaban J connectivity index is 0.00000524. The first kappa shape index (κ1) is 49.6. The molecule has 0 aliphatic heterocycles. The van der Waals surface area contributed by atoms with Crippen molar-refractivity contribution in [2.45, 2.75) is 106 Å². The number of nitro benzene ring substituents is 1. The highest BCUT2D eigenvalue weighted by atomic mass is 16.6. The average molecular weight is 806 g/mol. The molecule has 2 aromatic rings. The first-order valence-corrected chi connectivity index (χ1v) is 18.1. The maximum Gasteiger partial charge on any atom is 0.373 e. The number of carbonyl (C=O) groups excluding carboxylic acids is 5. The Hall–Kier alpha value is -5.41. The summed E-state index contributed by atoms with van der Waals surface area (Å²) in [5.74, 6) is -0.953. The monoisotopic (exact) mass is 805 g/mol. The zero-order valence-electron chi connectivity index (χ0n) is 35.4. The molecule has 0 bridgehead atoms. The van der Waals surface area contributed by atoms with Crippen molar-refractivity contribution >= 4 is 41.1 Å². The zero-order chi connectivity index (χ0) is 43.9. The second-order valence-electron chi connectivity index (χ2n) is 17.0. The van der Waals surface area contributed by atoms with E-state index in [1.165, 1.54) is 18.1 Å². The molecule has 0 aliphatic carbocycles. The molecule has 0 radical (unpaired) electrons. The minimum absolute atomic E-state index is 0.0525. The van der Waals surface area contributed by atoms with Gasteiger partial charge < -0.3 is 43.3 Å². The Morgan fingerprint density at radius 3 is 1.49 bits per heavy atom. The maximum atomic E-state index is 13.1. The van der Waals surface area contributed by atoms with Gasteiger partial charge in [-0.3, -0.25) is 24.5 Å². The van der Waals surface area contributed by atoms with Crippen molar-refractivity contribution in [3.8, 4) is 17.2 Å². The number of anilines is 2. The van der Waals surface area contributed by atoms with E-state index in [1.807, 2.05) is 25.7 Å². The number of benzene rings is 2. The summed E-state index contributed by atoms with van der Waals surface area (Å²) in [4.78, 5) is 69.9. The molecule has 318 valence electrons. The average Bonchev–Trinajstić information content (AvgIpc) is 3.02. The number of hydrogen-bond donors (Lipinski definition) is 1. The summed E-state index contributed by atoms with van der Waals surface area (Å²) in [6.45, 7) is 20.3. The van der Waals surface area contributed by atoms with Gasteiger partial charge >= 0.3 is 24.1 Å². The van der Waals surface area contributed by atoms with E-state index in [9.17, 15) is 29.6 Å². The van der Waals surface area contributed by atoms with Crippen LogP contribution >= 0.6 is 0 Å². The van der Waals surface area contributed by atoms with Crippen molar-refractivity contribution in [2.24, 2.45) is 5.41 Å². The molecule has 2 aromatic carbocycles. The predicted octanol–water partition coefficient (Wildman–Crippen LogP) is 5.65. The molecule has 0 heterocycles. The fraction of sp³-hybridized carbons (Fsp3) is 0.600. The third-order valence-electron chi connectivity index (χ3n) is 6.86. The summed E-state index contributed by atoms with van der Waals surface area (Å²) in [6.07, 6.45) is 0.250. The van der Waals surface area contributed by atoms with Crippen LogP contribution < -0.4 is 24.0 Å². The van der Waals surface area contributed by atoms with Crippen molar-refractivity contribution in [2.75, 3.05) is 56.3 Å². The Morgan fingerprint density at radius 1 is 0.702 bits per heavy atom. The number of ether oxygens (including phenoxy) is 6. The third kappa shape index (κ3) is 19.3. The fourth-order valence-corrected chi connectivity index (χ4v) is 5.18. The number of aliphatic hydroxyl groups excluding tert-OH is 1. The largest absolute Gasteiger partial charge is 0.497 e. The van der Waals surface area contributed by atoms with Gasteiger partial charge in [0.25, 0.3) is 5.69 Å². The standard InChI is InChI=1S/C39H59N3O12.CO2/c1-36(2,3)25-41(23-35(46)54-39(10,11)12)28-15-14-27(49-13)19-31(28)50-16-17-51-32-20-29(42(47)48)26(24-43)18-30(32)40(21-33(44)52-37(4,5)6)22-34(45)53-38(7,8)9;2-1-3/h14-15,18-20,43H,16-17,21-25H2,1-13H3;. The lowest BCUT2D eigenvalue weighted by Crippen LogP contribution is -2.40. The van der Waals surface area contributed by atoms with Gasteiger partial charge in [0, 0.05) is 12.6 Å². The molecular formula is C40H59N3O14. The fourth-order valence-electron chi connectivity index (χ4n) is 5.18. The Kier molecular flexibility index (Phi) is 18.5. The second-order valence-corrected chi connectivity index (χ2v) is 17.0. The normalized spacial score (nSPS) is 11.5. The summed E-state index contributed by atoms with van der Waals surface area (Å²) in [5.41, 5.74) is -2.38. The van der Waals surface area contributed by atoms with Crippen LogP contribution in [0.2, 0.25) is 0 Å². The summed E-state index contributed by atoms with van der Waals surface area (Å²) in [7, 11) is 1.51. The van der Waals surface area contributed by atoms with Crippen LogP contribution in [0.15, 0.2) is 30.3 Å². The van der Waals surface area contributed by atoms with Crippen molar-refractivity contribution in [3.63, 3.8) is 0 Å². The van der Waals surface area contributed by atoms with Gasteiger partial charge in [-0.2, -0.15) is 9.59 Å². The Labute approximate surface area is 334 Å². The predicted molar refractivity (Wildman–Crippen MR) is 209 cm³/mol. The highest BCUT2D eigenvalue weighted by molar-refractivity contribution is 5.84. The number of hydrogen-bond acceptors (Lipinski definition) is 16. The molecule has 17 nitrogen and oxygen atoms in total.